The van der Waals surface area contributed by atoms with Gasteiger partial charge in [0.2, 0.25) is 0 Å². The van der Waals surface area contributed by atoms with E-state index in [4.69, 9.17) is 14.2 Å². The minimum Gasteiger partial charge on any atom is -0.493 e. The quantitative estimate of drug-likeness (QED) is 0.655. The first kappa shape index (κ1) is 20.5. The highest BCUT2D eigenvalue weighted by molar-refractivity contribution is 7.89. The van der Waals surface area contributed by atoms with Gasteiger partial charge in [-0.3, -0.25) is 10.2 Å². The third kappa shape index (κ3) is 5.31. The molecule has 0 saturated heterocycles. The number of nitrogens with one attached hydrogen (secondary N) is 2. The van der Waals surface area contributed by atoms with Crippen molar-refractivity contribution in [2.75, 3.05) is 14.2 Å². The van der Waals surface area contributed by atoms with Crippen LogP contribution < -0.4 is 24.5 Å². The highest BCUT2D eigenvalue weighted by Crippen LogP contribution is 2.29. The van der Waals surface area contributed by atoms with E-state index in [9.17, 15) is 17.6 Å². The number of benzene rings is 2. The molecule has 1 atom stereocenters. The lowest BCUT2D eigenvalue weighted by Crippen LogP contribution is -2.47. The molecule has 2 N–H and O–H groups in total. The molecule has 0 fully saturated rings. The first-order valence-electron chi connectivity index (χ1n) is 7.72. The van der Waals surface area contributed by atoms with Crippen molar-refractivity contribution in [2.24, 2.45) is 0 Å². The van der Waals surface area contributed by atoms with Crippen LogP contribution in [0, 0.1) is 5.82 Å². The van der Waals surface area contributed by atoms with E-state index in [2.05, 4.69) is 5.43 Å². The van der Waals surface area contributed by atoms with Gasteiger partial charge >= 0.3 is 0 Å². The SMILES string of the molecule is COc1ccc(S(=O)(=O)NNC(=O)C(C)Oc2ccc(F)cc2)cc1OC. The van der Waals surface area contributed by atoms with Crippen LogP contribution in [0.1, 0.15) is 6.92 Å². The number of hydrogen-bond acceptors (Lipinski definition) is 6. The molecule has 0 aliphatic heterocycles. The monoisotopic (exact) mass is 398 g/mol. The minimum absolute atomic E-state index is 0.132. The Morgan fingerprint density at radius 1 is 1.04 bits per heavy atom. The Hall–Kier alpha value is -2.85. The predicted molar refractivity (Wildman–Crippen MR) is 94.5 cm³/mol. The van der Waals surface area contributed by atoms with Crippen molar-refractivity contribution in [3.63, 3.8) is 0 Å². The van der Waals surface area contributed by atoms with Gasteiger partial charge < -0.3 is 14.2 Å². The van der Waals surface area contributed by atoms with Crippen LogP contribution in [0.25, 0.3) is 0 Å². The lowest BCUT2D eigenvalue weighted by molar-refractivity contribution is -0.127. The maximum absolute atomic E-state index is 12.9. The lowest BCUT2D eigenvalue weighted by Gasteiger charge is -2.15. The number of sulfonamides is 1. The molecule has 0 heterocycles. The van der Waals surface area contributed by atoms with E-state index in [1.807, 2.05) is 4.83 Å². The molecule has 0 aliphatic rings. The summed E-state index contributed by atoms with van der Waals surface area (Å²) in [6.07, 6.45) is -1.02. The van der Waals surface area contributed by atoms with Gasteiger partial charge in [0, 0.05) is 6.07 Å². The number of carbonyl (C=O) groups is 1. The summed E-state index contributed by atoms with van der Waals surface area (Å²) in [5.41, 5.74) is 2.07. The molecule has 0 bridgehead atoms. The second-order valence-corrected chi connectivity index (χ2v) is 7.01. The summed E-state index contributed by atoms with van der Waals surface area (Å²) < 4.78 is 52.9. The van der Waals surface area contributed by atoms with Crippen molar-refractivity contribution in [3.8, 4) is 17.2 Å². The standard InChI is InChI=1S/C17H19FN2O6S/c1-11(26-13-6-4-12(18)5-7-13)17(21)19-20-27(22,23)14-8-9-15(24-2)16(10-14)25-3/h4-11,20H,1-3H3,(H,19,21). The average molecular weight is 398 g/mol. The third-order valence-corrected chi connectivity index (χ3v) is 4.71. The summed E-state index contributed by atoms with van der Waals surface area (Å²) in [4.78, 5) is 13.9. The molecule has 0 aromatic heterocycles. The smallest absolute Gasteiger partial charge is 0.275 e. The van der Waals surface area contributed by atoms with Crippen molar-refractivity contribution >= 4 is 15.9 Å². The Morgan fingerprint density at radius 3 is 2.26 bits per heavy atom. The summed E-state index contributed by atoms with van der Waals surface area (Å²) >= 11 is 0. The van der Waals surface area contributed by atoms with Gasteiger partial charge in [-0.1, -0.05) is 0 Å². The van der Waals surface area contributed by atoms with E-state index in [-0.39, 0.29) is 16.4 Å². The molecule has 0 radical (unpaired) electrons. The number of ether oxygens (including phenoxy) is 3. The van der Waals surface area contributed by atoms with Crippen molar-refractivity contribution in [3.05, 3.63) is 48.3 Å². The molecule has 0 aliphatic carbocycles. The summed E-state index contributed by atoms with van der Waals surface area (Å²) in [6, 6.07) is 9.05. The van der Waals surface area contributed by atoms with Crippen LogP contribution in [0.5, 0.6) is 17.2 Å². The summed E-state index contributed by atoms with van der Waals surface area (Å²) in [5, 5.41) is 0. The van der Waals surface area contributed by atoms with Crippen LogP contribution in [-0.2, 0) is 14.8 Å². The molecule has 2 rings (SSSR count). The molecule has 27 heavy (non-hydrogen) atoms. The zero-order valence-electron chi connectivity index (χ0n) is 14.9. The van der Waals surface area contributed by atoms with Crippen molar-refractivity contribution < 1.29 is 31.8 Å². The van der Waals surface area contributed by atoms with Gasteiger partial charge in [0.1, 0.15) is 11.6 Å². The number of rotatable bonds is 8. The van der Waals surface area contributed by atoms with Gasteiger partial charge in [0.25, 0.3) is 15.9 Å². The van der Waals surface area contributed by atoms with Crippen LogP contribution in [0.4, 0.5) is 4.39 Å². The van der Waals surface area contributed by atoms with Crippen LogP contribution in [-0.4, -0.2) is 34.6 Å². The Bertz CT molecular complexity index is 902. The minimum atomic E-state index is -4.05. The van der Waals surface area contributed by atoms with E-state index >= 15 is 0 Å². The molecule has 0 spiro atoms. The third-order valence-electron chi connectivity index (χ3n) is 3.47. The molecule has 10 heteroatoms. The zero-order chi connectivity index (χ0) is 20.0. The topological polar surface area (TPSA) is 103 Å². The molecule has 2 aromatic rings. The largest absolute Gasteiger partial charge is 0.493 e. The molecule has 1 amide bonds. The van der Waals surface area contributed by atoms with E-state index in [0.29, 0.717) is 5.75 Å². The normalized spacial score (nSPS) is 12.1. The molecular formula is C17H19FN2O6S. The van der Waals surface area contributed by atoms with Crippen LogP contribution >= 0.6 is 0 Å². The molecule has 2 aromatic carbocycles. The number of hydrazine groups is 1. The number of carbonyl (C=O) groups excluding carboxylic acids is 1. The van der Waals surface area contributed by atoms with E-state index in [1.165, 1.54) is 63.6 Å². The predicted octanol–water partition coefficient (Wildman–Crippen LogP) is 1.62. The molecule has 0 saturated carbocycles. The molecule has 1 unspecified atom stereocenters. The first-order valence-corrected chi connectivity index (χ1v) is 9.21. The number of halogens is 1. The van der Waals surface area contributed by atoms with Crippen LogP contribution in [0.2, 0.25) is 0 Å². The molecule has 146 valence electrons. The highest BCUT2D eigenvalue weighted by Gasteiger charge is 2.20. The lowest BCUT2D eigenvalue weighted by atomic mass is 10.3. The van der Waals surface area contributed by atoms with E-state index < -0.39 is 27.9 Å². The van der Waals surface area contributed by atoms with Crippen molar-refractivity contribution in [2.45, 2.75) is 17.9 Å². The van der Waals surface area contributed by atoms with E-state index in [0.717, 1.165) is 0 Å². The summed E-state index contributed by atoms with van der Waals surface area (Å²) in [5.74, 6) is -0.325. The maximum atomic E-state index is 12.9. The van der Waals surface area contributed by atoms with Gasteiger partial charge in [0.05, 0.1) is 19.1 Å². The second-order valence-electron chi connectivity index (χ2n) is 5.33. The first-order chi connectivity index (χ1) is 12.8. The summed E-state index contributed by atoms with van der Waals surface area (Å²) in [7, 11) is -1.25. The zero-order valence-corrected chi connectivity index (χ0v) is 15.7. The average Bonchev–Trinajstić information content (AvgIpc) is 2.67. The highest BCUT2D eigenvalue weighted by atomic mass is 32.2. The number of methoxy groups -OCH3 is 2. The van der Waals surface area contributed by atoms with Crippen LogP contribution in [0.3, 0.4) is 0 Å². The second kappa shape index (κ2) is 8.69. The van der Waals surface area contributed by atoms with Gasteiger partial charge in [-0.15, -0.1) is 4.83 Å². The maximum Gasteiger partial charge on any atom is 0.275 e. The van der Waals surface area contributed by atoms with Gasteiger partial charge in [-0.25, -0.2) is 12.8 Å². The summed E-state index contributed by atoms with van der Waals surface area (Å²) in [6.45, 7) is 1.42. The Morgan fingerprint density at radius 2 is 1.67 bits per heavy atom. The van der Waals surface area contributed by atoms with Crippen molar-refractivity contribution in [1.29, 1.82) is 0 Å². The fourth-order valence-corrected chi connectivity index (χ4v) is 2.89. The molecular weight excluding hydrogens is 379 g/mol. The van der Waals surface area contributed by atoms with Crippen molar-refractivity contribution in [1.82, 2.24) is 10.3 Å². The Balaban J connectivity index is 2.01. The Kier molecular flexibility index (Phi) is 6.59. The fraction of sp³-hybridized carbons (Fsp3) is 0.235. The van der Waals surface area contributed by atoms with E-state index in [1.54, 1.807) is 0 Å². The van der Waals surface area contributed by atoms with Gasteiger partial charge in [-0.05, 0) is 43.3 Å². The van der Waals surface area contributed by atoms with Gasteiger partial charge in [0.15, 0.2) is 17.6 Å². The number of hydrogen-bond donors (Lipinski definition) is 2. The Labute approximate surface area is 156 Å². The number of amides is 1. The van der Waals surface area contributed by atoms with Crippen LogP contribution in [0.15, 0.2) is 47.4 Å². The fourth-order valence-electron chi connectivity index (χ4n) is 2.03. The van der Waals surface area contributed by atoms with Gasteiger partial charge in [-0.2, -0.15) is 0 Å². The molecule has 8 nitrogen and oxygen atoms in total.